The van der Waals surface area contributed by atoms with Gasteiger partial charge in [-0.1, -0.05) is 35.0 Å². The molecule has 0 spiro atoms. The number of fused-ring (bicyclic) bond motifs is 1. The number of hydrogen-bond donors (Lipinski definition) is 1. The predicted molar refractivity (Wildman–Crippen MR) is 146 cm³/mol. The number of nitrogens with zero attached hydrogens (tertiary/aromatic N) is 6. The monoisotopic (exact) mass is 505 g/mol. The molecule has 1 N–H and O–H groups in total. The topological polar surface area (TPSA) is 73.6 Å². The maximum Gasteiger partial charge on any atom is 0.227 e. The minimum absolute atomic E-state index is 0.612. The summed E-state index contributed by atoms with van der Waals surface area (Å²) in [6.07, 6.45) is 1.75. The van der Waals surface area contributed by atoms with Crippen LogP contribution in [0.4, 0.5) is 11.8 Å². The lowest BCUT2D eigenvalue weighted by Crippen LogP contribution is -2.48. The molecule has 1 saturated heterocycles. The van der Waals surface area contributed by atoms with E-state index in [2.05, 4.69) is 63.5 Å². The third-order valence-corrected chi connectivity index (χ3v) is 6.85. The van der Waals surface area contributed by atoms with Gasteiger partial charge in [0.1, 0.15) is 11.6 Å². The first-order valence-corrected chi connectivity index (χ1v) is 12.7. The number of piperazine rings is 1. The summed E-state index contributed by atoms with van der Waals surface area (Å²) in [4.78, 5) is 17.0. The van der Waals surface area contributed by atoms with Crippen LogP contribution in [0.2, 0.25) is 5.02 Å². The summed E-state index contributed by atoms with van der Waals surface area (Å²) in [5.74, 6) is 2.35. The van der Waals surface area contributed by atoms with Crippen LogP contribution in [-0.2, 0) is 6.54 Å². The molecule has 0 bridgehead atoms. The van der Waals surface area contributed by atoms with E-state index in [0.29, 0.717) is 6.54 Å². The summed E-state index contributed by atoms with van der Waals surface area (Å²) in [7, 11) is 4.24. The number of rotatable bonds is 8. The largest absolute Gasteiger partial charge is 0.365 e. The molecule has 4 aromatic rings. The molecule has 0 amide bonds. The first kappa shape index (κ1) is 24.5. The van der Waals surface area contributed by atoms with Crippen LogP contribution in [-0.4, -0.2) is 78.3 Å². The van der Waals surface area contributed by atoms with E-state index in [-0.39, 0.29) is 0 Å². The fourth-order valence-electron chi connectivity index (χ4n) is 4.48. The zero-order valence-corrected chi connectivity index (χ0v) is 21.8. The molecule has 0 saturated carbocycles. The van der Waals surface area contributed by atoms with Crippen LogP contribution in [0.5, 0.6) is 0 Å². The van der Waals surface area contributed by atoms with Crippen LogP contribution in [0.1, 0.15) is 11.3 Å². The smallest absolute Gasteiger partial charge is 0.227 e. The van der Waals surface area contributed by atoms with Gasteiger partial charge < -0.3 is 19.6 Å². The predicted octanol–water partition coefficient (Wildman–Crippen LogP) is 4.54. The maximum atomic E-state index is 6.21. The summed E-state index contributed by atoms with van der Waals surface area (Å²) >= 11 is 6.21. The second-order valence-electron chi connectivity index (χ2n) is 9.52. The molecule has 9 heteroatoms. The van der Waals surface area contributed by atoms with E-state index in [4.69, 9.17) is 26.1 Å². The van der Waals surface area contributed by atoms with Gasteiger partial charge in [0.15, 0.2) is 0 Å². The third kappa shape index (κ3) is 5.61. The highest BCUT2D eigenvalue weighted by molar-refractivity contribution is 6.30. The zero-order valence-electron chi connectivity index (χ0n) is 21.0. The Hall–Kier alpha value is -3.20. The van der Waals surface area contributed by atoms with Crippen LogP contribution in [0.25, 0.3) is 22.0 Å². The van der Waals surface area contributed by atoms with Crippen molar-refractivity contribution in [1.29, 1.82) is 0 Å². The molecule has 36 heavy (non-hydrogen) atoms. The minimum Gasteiger partial charge on any atom is -0.365 e. The maximum absolute atomic E-state index is 6.21. The van der Waals surface area contributed by atoms with Crippen molar-refractivity contribution in [2.75, 3.05) is 63.6 Å². The number of benzene rings is 2. The molecular formula is C27H32ClN7O. The summed E-state index contributed by atoms with van der Waals surface area (Å²) in [6, 6.07) is 14.1. The Labute approximate surface area is 216 Å². The molecule has 2 aromatic heterocycles. The van der Waals surface area contributed by atoms with Gasteiger partial charge in [-0.05, 0) is 56.4 Å². The van der Waals surface area contributed by atoms with Gasteiger partial charge in [-0.15, -0.1) is 0 Å². The molecule has 0 aliphatic carbocycles. The average molecular weight is 506 g/mol. The number of halogens is 1. The molecule has 2 aromatic carbocycles. The fraction of sp³-hybridized carbons (Fsp3) is 0.370. The lowest BCUT2D eigenvalue weighted by atomic mass is 10.0. The first-order chi connectivity index (χ1) is 17.5. The Morgan fingerprint density at radius 3 is 2.61 bits per heavy atom. The van der Waals surface area contributed by atoms with Crippen molar-refractivity contribution in [2.24, 2.45) is 0 Å². The van der Waals surface area contributed by atoms with Gasteiger partial charge in [0, 0.05) is 61.8 Å². The van der Waals surface area contributed by atoms with Crippen LogP contribution in [0.3, 0.4) is 0 Å². The van der Waals surface area contributed by atoms with Gasteiger partial charge in [0.2, 0.25) is 5.95 Å². The molecule has 1 fully saturated rings. The van der Waals surface area contributed by atoms with Gasteiger partial charge in [-0.3, -0.25) is 4.90 Å². The molecule has 0 atom stereocenters. The van der Waals surface area contributed by atoms with Gasteiger partial charge >= 0.3 is 0 Å². The molecule has 0 unspecified atom stereocenters. The van der Waals surface area contributed by atoms with Crippen LogP contribution < -0.4 is 10.2 Å². The SMILES string of the molecule is Cc1oncc1-c1ccc2nc(N3CCN(CCN(C)C)CC3)nc(NCc3cccc(Cl)c3)c2c1. The Bertz CT molecular complexity index is 1330. The van der Waals surface area contributed by atoms with E-state index < -0.39 is 0 Å². The standard InChI is InChI=1S/C27H32ClN7O/c1-19-24(18-30-36-19)21-7-8-25-23(16-21)26(29-17-20-5-4-6-22(28)15-20)32-27(31-25)35-13-11-34(12-14-35)10-9-33(2)3/h4-8,15-16,18H,9-14,17H2,1-3H3,(H,29,31,32). The van der Waals surface area contributed by atoms with Crippen molar-refractivity contribution < 1.29 is 4.52 Å². The van der Waals surface area contributed by atoms with Crippen molar-refractivity contribution >= 4 is 34.3 Å². The summed E-state index contributed by atoms with van der Waals surface area (Å²) < 4.78 is 5.29. The first-order valence-electron chi connectivity index (χ1n) is 12.3. The molecule has 5 rings (SSSR count). The lowest BCUT2D eigenvalue weighted by Gasteiger charge is -2.35. The summed E-state index contributed by atoms with van der Waals surface area (Å²) in [6.45, 7) is 8.51. The zero-order chi connectivity index (χ0) is 25.1. The van der Waals surface area contributed by atoms with E-state index in [1.54, 1.807) is 6.20 Å². The van der Waals surface area contributed by atoms with E-state index in [9.17, 15) is 0 Å². The Morgan fingerprint density at radius 1 is 1.06 bits per heavy atom. The Morgan fingerprint density at radius 2 is 1.89 bits per heavy atom. The molecule has 0 radical (unpaired) electrons. The van der Waals surface area contributed by atoms with Crippen LogP contribution in [0, 0.1) is 6.92 Å². The van der Waals surface area contributed by atoms with Crippen molar-refractivity contribution in [2.45, 2.75) is 13.5 Å². The van der Waals surface area contributed by atoms with Crippen molar-refractivity contribution in [1.82, 2.24) is 24.9 Å². The van der Waals surface area contributed by atoms with Crippen LogP contribution in [0.15, 0.2) is 53.2 Å². The quantitative estimate of drug-likeness (QED) is 0.374. The summed E-state index contributed by atoms with van der Waals surface area (Å²) in [5.41, 5.74) is 3.99. The molecule has 1 aliphatic rings. The van der Waals surface area contributed by atoms with Gasteiger partial charge in [0.25, 0.3) is 0 Å². The second-order valence-corrected chi connectivity index (χ2v) is 9.95. The molecule has 8 nitrogen and oxygen atoms in total. The van der Waals surface area contributed by atoms with E-state index >= 15 is 0 Å². The average Bonchev–Trinajstić information content (AvgIpc) is 3.31. The number of anilines is 2. The molecule has 1 aliphatic heterocycles. The number of likely N-dealkylation sites (N-methyl/N-ethyl adjacent to an activating group) is 1. The van der Waals surface area contributed by atoms with Gasteiger partial charge in [-0.25, -0.2) is 4.98 Å². The van der Waals surface area contributed by atoms with E-state index in [1.807, 2.05) is 25.1 Å². The second kappa shape index (κ2) is 10.8. The number of aryl methyl sites for hydroxylation is 1. The van der Waals surface area contributed by atoms with Crippen molar-refractivity contribution in [3.8, 4) is 11.1 Å². The number of hydrogen-bond acceptors (Lipinski definition) is 8. The van der Waals surface area contributed by atoms with Crippen molar-refractivity contribution in [3.05, 3.63) is 65.0 Å². The third-order valence-electron chi connectivity index (χ3n) is 6.61. The fourth-order valence-corrected chi connectivity index (χ4v) is 4.69. The van der Waals surface area contributed by atoms with E-state index in [0.717, 1.165) is 89.4 Å². The van der Waals surface area contributed by atoms with Gasteiger partial charge in [-0.2, -0.15) is 4.98 Å². The van der Waals surface area contributed by atoms with E-state index in [1.165, 1.54) is 0 Å². The van der Waals surface area contributed by atoms with Crippen LogP contribution >= 0.6 is 11.6 Å². The highest BCUT2D eigenvalue weighted by atomic mass is 35.5. The highest BCUT2D eigenvalue weighted by Crippen LogP contribution is 2.31. The molecular weight excluding hydrogens is 474 g/mol. The Kier molecular flexibility index (Phi) is 7.36. The summed E-state index contributed by atoms with van der Waals surface area (Å²) in [5, 5.41) is 9.17. The minimum atomic E-state index is 0.612. The highest BCUT2D eigenvalue weighted by Gasteiger charge is 2.21. The molecule has 3 heterocycles. The lowest BCUT2D eigenvalue weighted by molar-refractivity contribution is 0.229. The van der Waals surface area contributed by atoms with Crippen molar-refractivity contribution in [3.63, 3.8) is 0 Å². The molecule has 188 valence electrons. The normalized spacial score (nSPS) is 14.6. The Balaban J connectivity index is 1.44. The number of nitrogens with one attached hydrogen (secondary N) is 1. The number of aromatic nitrogens is 3. The van der Waals surface area contributed by atoms with Gasteiger partial charge in [0.05, 0.1) is 11.7 Å².